The predicted molar refractivity (Wildman–Crippen MR) is 112 cm³/mol. The van der Waals surface area contributed by atoms with Crippen LogP contribution in [0.4, 0.5) is 13.2 Å². The van der Waals surface area contributed by atoms with E-state index in [0.29, 0.717) is 11.3 Å². The molecule has 0 bridgehead atoms. The van der Waals surface area contributed by atoms with Crippen molar-refractivity contribution in [3.63, 3.8) is 0 Å². The van der Waals surface area contributed by atoms with Crippen molar-refractivity contribution in [2.45, 2.75) is 39.5 Å². The van der Waals surface area contributed by atoms with Gasteiger partial charge in [-0.15, -0.1) is 0 Å². The van der Waals surface area contributed by atoms with E-state index >= 15 is 0 Å². The van der Waals surface area contributed by atoms with Crippen LogP contribution >= 0.6 is 0 Å². The first-order valence-electron chi connectivity index (χ1n) is 9.93. The number of benzene rings is 2. The number of alkyl halides is 3. The van der Waals surface area contributed by atoms with Crippen LogP contribution in [0.15, 0.2) is 59.9 Å². The molecular formula is C24H24F3NO4. The second-order valence-electron chi connectivity index (χ2n) is 8.65. The van der Waals surface area contributed by atoms with Gasteiger partial charge < -0.3 is 14.7 Å². The Bertz CT molecular complexity index is 1070. The molecule has 2 aromatic carbocycles. The summed E-state index contributed by atoms with van der Waals surface area (Å²) in [7, 11) is 1.49. The highest BCUT2D eigenvalue weighted by Crippen LogP contribution is 2.42. The SMILES string of the molecule is COc1ccc(C2C(C(=O)C(C)(C)C)=C(O)C(=O)N2Cc2cccc(C(F)(F)F)c2)cc1. The monoisotopic (exact) mass is 447 g/mol. The molecule has 1 amide bonds. The van der Waals surface area contributed by atoms with Gasteiger partial charge in [0.25, 0.3) is 5.91 Å². The van der Waals surface area contributed by atoms with Gasteiger partial charge in [0.1, 0.15) is 5.75 Å². The molecule has 5 nitrogen and oxygen atoms in total. The van der Waals surface area contributed by atoms with E-state index < -0.39 is 40.6 Å². The highest BCUT2D eigenvalue weighted by Gasteiger charge is 2.46. The second kappa shape index (κ2) is 8.33. The molecule has 170 valence electrons. The van der Waals surface area contributed by atoms with Crippen LogP contribution in [0.5, 0.6) is 5.75 Å². The highest BCUT2D eigenvalue weighted by molar-refractivity contribution is 6.10. The van der Waals surface area contributed by atoms with Gasteiger partial charge in [0.15, 0.2) is 11.5 Å². The lowest BCUT2D eigenvalue weighted by Crippen LogP contribution is -2.32. The molecule has 0 spiro atoms. The van der Waals surface area contributed by atoms with Crippen LogP contribution in [0, 0.1) is 5.41 Å². The normalized spacial score (nSPS) is 17.2. The number of Topliss-reactive ketones (excluding diaryl/α,β-unsaturated/α-hetero) is 1. The number of aliphatic hydroxyl groups excluding tert-OH is 1. The van der Waals surface area contributed by atoms with Gasteiger partial charge in [0.05, 0.1) is 24.3 Å². The first-order valence-corrected chi connectivity index (χ1v) is 9.93. The van der Waals surface area contributed by atoms with Gasteiger partial charge in [0, 0.05) is 12.0 Å². The van der Waals surface area contributed by atoms with E-state index in [0.717, 1.165) is 12.1 Å². The molecule has 0 saturated heterocycles. The van der Waals surface area contributed by atoms with Crippen LogP contribution < -0.4 is 4.74 Å². The van der Waals surface area contributed by atoms with E-state index in [2.05, 4.69) is 0 Å². The van der Waals surface area contributed by atoms with Crippen molar-refractivity contribution < 1.29 is 32.6 Å². The summed E-state index contributed by atoms with van der Waals surface area (Å²) in [5.41, 5.74) is -1.04. The molecule has 0 aliphatic carbocycles. The van der Waals surface area contributed by atoms with Crippen LogP contribution in [0.25, 0.3) is 0 Å². The van der Waals surface area contributed by atoms with Gasteiger partial charge in [-0.3, -0.25) is 9.59 Å². The fourth-order valence-corrected chi connectivity index (χ4v) is 3.63. The minimum Gasteiger partial charge on any atom is -0.503 e. The molecule has 0 aromatic heterocycles. The summed E-state index contributed by atoms with van der Waals surface area (Å²) < 4.78 is 44.6. The maximum atomic E-state index is 13.1. The second-order valence-corrected chi connectivity index (χ2v) is 8.65. The molecular weight excluding hydrogens is 423 g/mol. The molecule has 1 aliphatic rings. The quantitative estimate of drug-likeness (QED) is 0.682. The number of aliphatic hydroxyl groups is 1. The number of amides is 1. The number of carbonyl (C=O) groups excluding carboxylic acids is 2. The molecule has 0 fully saturated rings. The van der Waals surface area contributed by atoms with E-state index in [-0.39, 0.29) is 17.7 Å². The summed E-state index contributed by atoms with van der Waals surface area (Å²) in [6.07, 6.45) is -4.53. The van der Waals surface area contributed by atoms with Crippen molar-refractivity contribution in [3.05, 3.63) is 76.6 Å². The van der Waals surface area contributed by atoms with Crippen molar-refractivity contribution in [3.8, 4) is 5.75 Å². The standard InChI is InChI=1S/C24H24F3NO4/c1-23(2,3)21(30)18-19(15-8-10-17(32-4)11-9-15)28(22(31)20(18)29)13-14-6-5-7-16(12-14)24(25,26)27/h5-12,19,29H,13H2,1-4H3. The summed E-state index contributed by atoms with van der Waals surface area (Å²) >= 11 is 0. The Balaban J connectivity index is 2.08. The van der Waals surface area contributed by atoms with Crippen molar-refractivity contribution in [2.24, 2.45) is 5.41 Å². The van der Waals surface area contributed by atoms with Gasteiger partial charge in [0.2, 0.25) is 0 Å². The Morgan fingerprint density at radius 1 is 1.09 bits per heavy atom. The molecule has 2 aromatic rings. The van der Waals surface area contributed by atoms with Crippen LogP contribution in [0.2, 0.25) is 0 Å². The molecule has 0 radical (unpaired) electrons. The third-order valence-corrected chi connectivity index (χ3v) is 5.27. The first-order chi connectivity index (χ1) is 14.8. The van der Waals surface area contributed by atoms with E-state index in [1.54, 1.807) is 45.0 Å². The number of ether oxygens (including phenoxy) is 1. The number of ketones is 1. The van der Waals surface area contributed by atoms with E-state index in [1.807, 2.05) is 0 Å². The Morgan fingerprint density at radius 3 is 2.25 bits per heavy atom. The lowest BCUT2D eigenvalue weighted by atomic mass is 9.82. The molecule has 1 N–H and O–H groups in total. The van der Waals surface area contributed by atoms with E-state index in [9.17, 15) is 27.9 Å². The van der Waals surface area contributed by atoms with E-state index in [4.69, 9.17) is 4.74 Å². The average molecular weight is 447 g/mol. The number of nitrogens with zero attached hydrogens (tertiary/aromatic N) is 1. The van der Waals surface area contributed by atoms with Gasteiger partial charge >= 0.3 is 6.18 Å². The van der Waals surface area contributed by atoms with E-state index in [1.165, 1.54) is 24.1 Å². The summed E-state index contributed by atoms with van der Waals surface area (Å²) in [4.78, 5) is 27.3. The Morgan fingerprint density at radius 2 is 1.72 bits per heavy atom. The zero-order chi connectivity index (χ0) is 23.8. The fourth-order valence-electron chi connectivity index (χ4n) is 3.63. The van der Waals surface area contributed by atoms with Gasteiger partial charge in [-0.05, 0) is 35.4 Å². The summed E-state index contributed by atoms with van der Waals surface area (Å²) in [6.45, 7) is 4.78. The van der Waals surface area contributed by atoms with Crippen molar-refractivity contribution in [2.75, 3.05) is 7.11 Å². The fraction of sp³-hybridized carbons (Fsp3) is 0.333. The Kier molecular flexibility index (Phi) is 6.09. The maximum Gasteiger partial charge on any atom is 0.416 e. The zero-order valence-corrected chi connectivity index (χ0v) is 18.2. The largest absolute Gasteiger partial charge is 0.503 e. The number of rotatable bonds is 5. The number of methoxy groups -OCH3 is 1. The minimum atomic E-state index is -4.53. The third kappa shape index (κ3) is 4.49. The highest BCUT2D eigenvalue weighted by atomic mass is 19.4. The van der Waals surface area contributed by atoms with Crippen LogP contribution in [0.1, 0.15) is 43.5 Å². The average Bonchev–Trinajstić information content (AvgIpc) is 2.97. The third-order valence-electron chi connectivity index (χ3n) is 5.27. The number of hydrogen-bond acceptors (Lipinski definition) is 4. The Labute approximate surface area is 184 Å². The van der Waals surface area contributed by atoms with Crippen molar-refractivity contribution in [1.29, 1.82) is 0 Å². The van der Waals surface area contributed by atoms with Crippen molar-refractivity contribution >= 4 is 11.7 Å². The molecule has 1 heterocycles. The number of carbonyl (C=O) groups is 2. The minimum absolute atomic E-state index is 0.0698. The lowest BCUT2D eigenvalue weighted by molar-refractivity contribution is -0.137. The maximum absolute atomic E-state index is 13.1. The van der Waals surface area contributed by atoms with Gasteiger partial charge in [-0.1, -0.05) is 45.0 Å². The predicted octanol–water partition coefficient (Wildman–Crippen LogP) is 5.22. The van der Waals surface area contributed by atoms with Crippen molar-refractivity contribution in [1.82, 2.24) is 4.90 Å². The lowest BCUT2D eigenvalue weighted by Gasteiger charge is -2.29. The first kappa shape index (κ1) is 23.4. The smallest absolute Gasteiger partial charge is 0.416 e. The van der Waals surface area contributed by atoms with Crippen LogP contribution in [-0.4, -0.2) is 28.8 Å². The number of hydrogen-bond donors (Lipinski definition) is 1. The summed E-state index contributed by atoms with van der Waals surface area (Å²) in [5, 5.41) is 10.6. The molecule has 1 unspecified atom stereocenters. The molecule has 3 rings (SSSR count). The molecule has 1 aliphatic heterocycles. The number of halogens is 3. The van der Waals surface area contributed by atoms with Crippen LogP contribution in [-0.2, 0) is 22.3 Å². The van der Waals surface area contributed by atoms with Gasteiger partial charge in [-0.25, -0.2) is 0 Å². The Hall–Kier alpha value is -3.29. The molecule has 0 saturated carbocycles. The molecule has 1 atom stereocenters. The summed E-state index contributed by atoms with van der Waals surface area (Å²) in [6, 6.07) is 10.3. The molecule has 8 heteroatoms. The molecule has 32 heavy (non-hydrogen) atoms. The van der Waals surface area contributed by atoms with Gasteiger partial charge in [-0.2, -0.15) is 13.2 Å². The van der Waals surface area contributed by atoms with Crippen LogP contribution in [0.3, 0.4) is 0 Å². The zero-order valence-electron chi connectivity index (χ0n) is 18.2. The topological polar surface area (TPSA) is 66.8 Å². The summed E-state index contributed by atoms with van der Waals surface area (Å²) in [5.74, 6) is -1.36.